The van der Waals surface area contributed by atoms with Gasteiger partial charge in [0.1, 0.15) is 11.6 Å². The van der Waals surface area contributed by atoms with Crippen molar-refractivity contribution in [2.45, 2.75) is 39.2 Å². The number of aromatic hydroxyl groups is 1. The summed E-state index contributed by atoms with van der Waals surface area (Å²) in [7, 11) is 0. The fraction of sp³-hybridized carbons (Fsp3) is 0.500. The van der Waals surface area contributed by atoms with E-state index in [1.807, 2.05) is 13.1 Å². The Bertz CT molecular complexity index is 592. The second kappa shape index (κ2) is 7.61. The van der Waals surface area contributed by atoms with E-state index < -0.39 is 0 Å². The number of H-pyrrole nitrogens is 1. The maximum absolute atomic E-state index is 10.4. The van der Waals surface area contributed by atoms with E-state index in [2.05, 4.69) is 19.9 Å². The summed E-state index contributed by atoms with van der Waals surface area (Å²) in [5.41, 5.74) is 2.47. The highest BCUT2D eigenvalue weighted by atomic mass is 35.5. The smallest absolute Gasteiger partial charge is 0.148 e. The van der Waals surface area contributed by atoms with Crippen molar-refractivity contribution in [3.05, 3.63) is 29.8 Å². The van der Waals surface area contributed by atoms with Crippen LogP contribution in [0.2, 0.25) is 0 Å². The molecule has 1 saturated heterocycles. The lowest BCUT2D eigenvalue weighted by Crippen LogP contribution is -2.24. The molecule has 3 rings (SSSR count). The Hall–Kier alpha value is -1.59. The Labute approximate surface area is 137 Å². The van der Waals surface area contributed by atoms with Crippen LogP contribution in [0.3, 0.4) is 0 Å². The average molecular weight is 323 g/mol. The number of hydrogen-bond acceptors (Lipinski definition) is 4. The van der Waals surface area contributed by atoms with Crippen LogP contribution in [0.5, 0.6) is 5.75 Å². The van der Waals surface area contributed by atoms with E-state index in [-0.39, 0.29) is 18.2 Å². The van der Waals surface area contributed by atoms with Gasteiger partial charge in [-0.1, -0.05) is 12.8 Å². The zero-order chi connectivity index (χ0) is 14.7. The van der Waals surface area contributed by atoms with Crippen LogP contribution in [-0.4, -0.2) is 38.0 Å². The van der Waals surface area contributed by atoms with Gasteiger partial charge in [0.2, 0.25) is 0 Å². The number of imidazole rings is 1. The molecule has 0 saturated carbocycles. The van der Waals surface area contributed by atoms with Crippen LogP contribution in [-0.2, 0) is 6.54 Å². The van der Waals surface area contributed by atoms with Gasteiger partial charge in [-0.25, -0.2) is 4.98 Å². The number of nitrogens with one attached hydrogen (secondary N) is 1. The highest BCUT2D eigenvalue weighted by Gasteiger charge is 2.18. The third kappa shape index (κ3) is 3.59. The molecule has 0 spiro atoms. The summed E-state index contributed by atoms with van der Waals surface area (Å²) in [6.07, 6.45) is 10.5. The first-order valence-electron chi connectivity index (χ1n) is 7.65. The molecule has 0 aliphatic carbocycles. The molecule has 2 aromatic rings. The minimum absolute atomic E-state index is 0. The first-order chi connectivity index (χ1) is 10.3. The molecule has 1 aliphatic rings. The number of aromatic nitrogens is 3. The van der Waals surface area contributed by atoms with Gasteiger partial charge in [-0.15, -0.1) is 12.4 Å². The topological polar surface area (TPSA) is 65.0 Å². The number of pyridine rings is 1. The predicted octanol–water partition coefficient (Wildman–Crippen LogP) is 3.28. The number of aryl methyl sites for hydroxylation is 1. The van der Waals surface area contributed by atoms with Crippen LogP contribution < -0.4 is 0 Å². The van der Waals surface area contributed by atoms with Crippen LogP contribution in [0.15, 0.2) is 18.6 Å². The number of nitrogens with zero attached hydrogens (tertiary/aromatic N) is 3. The first kappa shape index (κ1) is 16.8. The molecular weight excluding hydrogens is 300 g/mol. The van der Waals surface area contributed by atoms with Crippen molar-refractivity contribution in [2.24, 2.45) is 0 Å². The Kier molecular flexibility index (Phi) is 5.80. The van der Waals surface area contributed by atoms with Gasteiger partial charge in [-0.3, -0.25) is 9.88 Å². The monoisotopic (exact) mass is 322 g/mol. The number of likely N-dealkylation sites (tertiary alicyclic amines) is 1. The summed E-state index contributed by atoms with van der Waals surface area (Å²) >= 11 is 0. The fourth-order valence-electron chi connectivity index (χ4n) is 2.95. The second-order valence-electron chi connectivity index (χ2n) is 5.72. The lowest BCUT2D eigenvalue weighted by atomic mass is 10.1. The van der Waals surface area contributed by atoms with Crippen molar-refractivity contribution in [2.75, 3.05) is 13.1 Å². The lowest BCUT2D eigenvalue weighted by Gasteiger charge is -2.21. The Morgan fingerprint density at radius 3 is 2.55 bits per heavy atom. The number of halogens is 1. The SMILES string of the molecule is Cc1ncc(CN2CCCCCC2)c(-c2ncc[nH]2)c1O.Cl. The quantitative estimate of drug-likeness (QED) is 0.910. The molecule has 3 heterocycles. The van der Waals surface area contributed by atoms with Gasteiger partial charge >= 0.3 is 0 Å². The summed E-state index contributed by atoms with van der Waals surface area (Å²) in [5.74, 6) is 0.945. The predicted molar refractivity (Wildman–Crippen MR) is 89.2 cm³/mol. The van der Waals surface area contributed by atoms with Crippen molar-refractivity contribution in [1.29, 1.82) is 0 Å². The standard InChI is InChI=1S/C16H22N4O.ClH/c1-12-15(21)14(16-17-6-7-18-16)13(10-19-12)11-20-8-4-2-3-5-9-20;/h6-7,10,21H,2-5,8-9,11H2,1H3,(H,17,18);1H. The highest BCUT2D eigenvalue weighted by molar-refractivity contribution is 5.85. The van der Waals surface area contributed by atoms with Gasteiger partial charge < -0.3 is 10.1 Å². The average Bonchev–Trinajstić information content (AvgIpc) is 2.88. The van der Waals surface area contributed by atoms with Crippen molar-refractivity contribution < 1.29 is 5.11 Å². The van der Waals surface area contributed by atoms with Crippen LogP contribution in [0, 0.1) is 6.92 Å². The summed E-state index contributed by atoms with van der Waals surface area (Å²) in [4.78, 5) is 14.2. The van der Waals surface area contributed by atoms with E-state index in [4.69, 9.17) is 0 Å². The molecule has 0 unspecified atom stereocenters. The van der Waals surface area contributed by atoms with Crippen LogP contribution in [0.4, 0.5) is 0 Å². The molecule has 5 nitrogen and oxygen atoms in total. The molecule has 0 aromatic carbocycles. The summed E-state index contributed by atoms with van der Waals surface area (Å²) in [5, 5.41) is 10.4. The number of rotatable bonds is 3. The first-order valence-corrected chi connectivity index (χ1v) is 7.65. The maximum atomic E-state index is 10.4. The van der Waals surface area contributed by atoms with Crippen molar-refractivity contribution >= 4 is 12.4 Å². The number of aromatic amines is 1. The Balaban J connectivity index is 0.00000176. The van der Waals surface area contributed by atoms with Gasteiger partial charge in [0.15, 0.2) is 0 Å². The summed E-state index contributed by atoms with van der Waals surface area (Å²) < 4.78 is 0. The molecule has 120 valence electrons. The molecule has 0 amide bonds. The third-order valence-electron chi connectivity index (χ3n) is 4.14. The van der Waals surface area contributed by atoms with Crippen molar-refractivity contribution in [1.82, 2.24) is 19.9 Å². The molecule has 6 heteroatoms. The minimum atomic E-state index is 0. The molecule has 0 radical (unpaired) electrons. The van der Waals surface area contributed by atoms with Crippen LogP contribution >= 0.6 is 12.4 Å². The molecule has 0 atom stereocenters. The van der Waals surface area contributed by atoms with Gasteiger partial charge in [-0.05, 0) is 38.4 Å². The minimum Gasteiger partial charge on any atom is -0.505 e. The molecule has 1 fully saturated rings. The van der Waals surface area contributed by atoms with E-state index in [0.29, 0.717) is 11.5 Å². The number of hydrogen-bond donors (Lipinski definition) is 2. The maximum Gasteiger partial charge on any atom is 0.148 e. The van der Waals surface area contributed by atoms with Crippen molar-refractivity contribution in [3.8, 4) is 17.1 Å². The molecular formula is C16H23ClN4O. The Morgan fingerprint density at radius 2 is 1.91 bits per heavy atom. The van der Waals surface area contributed by atoms with E-state index in [9.17, 15) is 5.11 Å². The fourth-order valence-corrected chi connectivity index (χ4v) is 2.95. The normalized spacial score (nSPS) is 16.0. The zero-order valence-corrected chi connectivity index (χ0v) is 13.7. The van der Waals surface area contributed by atoms with E-state index in [1.54, 1.807) is 12.4 Å². The third-order valence-corrected chi connectivity index (χ3v) is 4.14. The molecule has 2 N–H and O–H groups in total. The van der Waals surface area contributed by atoms with Crippen LogP contribution in [0.25, 0.3) is 11.4 Å². The van der Waals surface area contributed by atoms with Gasteiger partial charge in [-0.2, -0.15) is 0 Å². The van der Waals surface area contributed by atoms with E-state index in [0.717, 1.165) is 30.8 Å². The summed E-state index contributed by atoms with van der Waals surface area (Å²) in [6, 6.07) is 0. The Morgan fingerprint density at radius 1 is 1.18 bits per heavy atom. The van der Waals surface area contributed by atoms with Gasteiger partial charge in [0.05, 0.1) is 11.3 Å². The highest BCUT2D eigenvalue weighted by Crippen LogP contribution is 2.32. The molecule has 0 bridgehead atoms. The largest absolute Gasteiger partial charge is 0.505 e. The van der Waals surface area contributed by atoms with Crippen LogP contribution in [0.1, 0.15) is 36.9 Å². The van der Waals surface area contributed by atoms with E-state index in [1.165, 1.54) is 25.7 Å². The summed E-state index contributed by atoms with van der Waals surface area (Å²) in [6.45, 7) is 4.87. The molecule has 1 aliphatic heterocycles. The second-order valence-corrected chi connectivity index (χ2v) is 5.72. The van der Waals surface area contributed by atoms with Gasteiger partial charge in [0.25, 0.3) is 0 Å². The van der Waals surface area contributed by atoms with E-state index >= 15 is 0 Å². The lowest BCUT2D eigenvalue weighted by molar-refractivity contribution is 0.276. The van der Waals surface area contributed by atoms with Crippen molar-refractivity contribution in [3.63, 3.8) is 0 Å². The zero-order valence-electron chi connectivity index (χ0n) is 12.9. The molecule has 22 heavy (non-hydrogen) atoms. The molecule has 2 aromatic heterocycles. The van der Waals surface area contributed by atoms with Gasteiger partial charge in [0, 0.05) is 25.1 Å².